The molecule has 2 rings (SSSR count). The molecule has 0 heterocycles. The first kappa shape index (κ1) is 15.3. The van der Waals surface area contributed by atoms with Gasteiger partial charge in [0.15, 0.2) is 0 Å². The Morgan fingerprint density at radius 2 is 2.30 bits per heavy atom. The largest absolute Gasteiger partial charge is 0.494 e. The van der Waals surface area contributed by atoms with Crippen LogP contribution >= 0.6 is 0 Å². The van der Waals surface area contributed by atoms with Gasteiger partial charge in [0, 0.05) is 13.1 Å². The predicted molar refractivity (Wildman–Crippen MR) is 81.9 cm³/mol. The maximum atomic E-state index is 10.6. The highest BCUT2D eigenvalue weighted by Gasteiger charge is 2.31. The van der Waals surface area contributed by atoms with E-state index in [4.69, 9.17) is 4.74 Å². The number of rotatable bonds is 6. The van der Waals surface area contributed by atoms with E-state index >= 15 is 0 Å². The zero-order valence-electron chi connectivity index (χ0n) is 12.7. The van der Waals surface area contributed by atoms with E-state index in [1.54, 1.807) is 0 Å². The molecule has 0 amide bonds. The minimum atomic E-state index is -0.519. The Morgan fingerprint density at radius 1 is 1.45 bits per heavy atom. The Balaban J connectivity index is 1.81. The Bertz CT molecular complexity index is 421. The molecule has 1 saturated carbocycles. The fourth-order valence-electron chi connectivity index (χ4n) is 3.14. The first-order valence-corrected chi connectivity index (χ1v) is 7.76. The summed E-state index contributed by atoms with van der Waals surface area (Å²) < 4.78 is 5.50. The Hall–Kier alpha value is -1.06. The van der Waals surface area contributed by atoms with Crippen LogP contribution in [0.25, 0.3) is 0 Å². The molecule has 2 N–H and O–H groups in total. The molecule has 3 heteroatoms. The first-order chi connectivity index (χ1) is 9.61. The van der Waals surface area contributed by atoms with Crippen LogP contribution in [0.4, 0.5) is 0 Å². The van der Waals surface area contributed by atoms with Gasteiger partial charge in [0.05, 0.1) is 12.2 Å². The van der Waals surface area contributed by atoms with Crippen molar-refractivity contribution in [3.63, 3.8) is 0 Å². The third-order valence-electron chi connectivity index (χ3n) is 4.06. The second-order valence-electron chi connectivity index (χ2n) is 6.11. The van der Waals surface area contributed by atoms with E-state index in [1.165, 1.54) is 12.0 Å². The Kier molecular flexibility index (Phi) is 5.44. The van der Waals surface area contributed by atoms with Crippen molar-refractivity contribution in [1.82, 2.24) is 5.32 Å². The van der Waals surface area contributed by atoms with Crippen LogP contribution in [-0.2, 0) is 6.54 Å². The van der Waals surface area contributed by atoms with Gasteiger partial charge in [0.2, 0.25) is 0 Å². The third-order valence-corrected chi connectivity index (χ3v) is 4.06. The average Bonchev–Trinajstić information content (AvgIpc) is 2.39. The predicted octanol–water partition coefficient (Wildman–Crippen LogP) is 3.12. The summed E-state index contributed by atoms with van der Waals surface area (Å²) in [5, 5.41) is 14.0. The summed E-state index contributed by atoms with van der Waals surface area (Å²) in [7, 11) is 0. The zero-order chi connectivity index (χ0) is 14.4. The van der Waals surface area contributed by atoms with Crippen LogP contribution in [0, 0.1) is 5.92 Å². The van der Waals surface area contributed by atoms with Crippen molar-refractivity contribution < 1.29 is 9.84 Å². The molecule has 1 fully saturated rings. The molecule has 20 heavy (non-hydrogen) atoms. The molecule has 1 aliphatic rings. The smallest absolute Gasteiger partial charge is 0.119 e. The SMILES string of the molecule is CCOc1cccc(CNCC2(O)CCCC(C)C2)c1. The van der Waals surface area contributed by atoms with Crippen LogP contribution in [0.1, 0.15) is 45.1 Å². The molecule has 1 aliphatic carbocycles. The summed E-state index contributed by atoms with van der Waals surface area (Å²) in [5.41, 5.74) is 0.679. The summed E-state index contributed by atoms with van der Waals surface area (Å²) in [6.45, 7) is 6.36. The van der Waals surface area contributed by atoms with Gasteiger partial charge in [-0.25, -0.2) is 0 Å². The van der Waals surface area contributed by atoms with Crippen molar-refractivity contribution in [3.05, 3.63) is 29.8 Å². The van der Waals surface area contributed by atoms with Gasteiger partial charge in [-0.15, -0.1) is 0 Å². The minimum absolute atomic E-state index is 0.519. The number of hydrogen-bond donors (Lipinski definition) is 2. The van der Waals surface area contributed by atoms with Crippen molar-refractivity contribution in [2.75, 3.05) is 13.2 Å². The van der Waals surface area contributed by atoms with Crippen molar-refractivity contribution in [2.24, 2.45) is 5.92 Å². The summed E-state index contributed by atoms with van der Waals surface area (Å²) in [6, 6.07) is 8.13. The van der Waals surface area contributed by atoms with Crippen LogP contribution < -0.4 is 10.1 Å². The average molecular weight is 277 g/mol. The monoisotopic (exact) mass is 277 g/mol. The lowest BCUT2D eigenvalue weighted by Crippen LogP contribution is -2.43. The lowest BCUT2D eigenvalue weighted by Gasteiger charge is -2.35. The maximum Gasteiger partial charge on any atom is 0.119 e. The second-order valence-corrected chi connectivity index (χ2v) is 6.11. The number of aliphatic hydroxyl groups is 1. The van der Waals surface area contributed by atoms with Crippen molar-refractivity contribution in [2.45, 2.75) is 51.7 Å². The molecule has 3 nitrogen and oxygen atoms in total. The second kappa shape index (κ2) is 7.09. The van der Waals surface area contributed by atoms with Gasteiger partial charge in [0.25, 0.3) is 0 Å². The third kappa shape index (κ3) is 4.50. The van der Waals surface area contributed by atoms with Crippen molar-refractivity contribution >= 4 is 0 Å². The molecule has 2 unspecified atom stereocenters. The fraction of sp³-hybridized carbons (Fsp3) is 0.647. The molecular weight excluding hydrogens is 250 g/mol. The van der Waals surface area contributed by atoms with Crippen molar-refractivity contribution in [3.8, 4) is 5.75 Å². The number of nitrogens with one attached hydrogen (secondary N) is 1. The number of ether oxygens (including phenoxy) is 1. The van der Waals surface area contributed by atoms with E-state index in [-0.39, 0.29) is 0 Å². The molecule has 1 aromatic rings. The van der Waals surface area contributed by atoms with Gasteiger partial charge in [-0.2, -0.15) is 0 Å². The topological polar surface area (TPSA) is 41.5 Å². The van der Waals surface area contributed by atoms with E-state index in [0.717, 1.165) is 31.6 Å². The van der Waals surface area contributed by atoms with E-state index in [1.807, 2.05) is 19.1 Å². The van der Waals surface area contributed by atoms with E-state index in [9.17, 15) is 5.11 Å². The molecule has 2 atom stereocenters. The van der Waals surface area contributed by atoms with Crippen LogP contribution in [0.2, 0.25) is 0 Å². The van der Waals surface area contributed by atoms with Crippen LogP contribution in [0.15, 0.2) is 24.3 Å². The highest BCUT2D eigenvalue weighted by Crippen LogP contribution is 2.31. The standard InChI is InChI=1S/C17H27NO2/c1-3-20-16-8-4-7-15(10-16)12-18-13-17(19)9-5-6-14(2)11-17/h4,7-8,10,14,18-19H,3,5-6,9,11-13H2,1-2H3. The van der Waals surface area contributed by atoms with E-state index < -0.39 is 5.60 Å². The molecule has 0 radical (unpaired) electrons. The number of benzene rings is 1. The van der Waals surface area contributed by atoms with Gasteiger partial charge >= 0.3 is 0 Å². The Morgan fingerprint density at radius 3 is 3.05 bits per heavy atom. The summed E-state index contributed by atoms with van der Waals surface area (Å²) in [6.07, 6.45) is 4.22. The van der Waals surface area contributed by atoms with Crippen LogP contribution in [0.3, 0.4) is 0 Å². The van der Waals surface area contributed by atoms with Gasteiger partial charge in [-0.1, -0.05) is 31.9 Å². The Labute approximate surface area is 122 Å². The van der Waals surface area contributed by atoms with Gasteiger partial charge in [0.1, 0.15) is 5.75 Å². The van der Waals surface area contributed by atoms with Gasteiger partial charge < -0.3 is 15.2 Å². The first-order valence-electron chi connectivity index (χ1n) is 7.76. The van der Waals surface area contributed by atoms with Gasteiger partial charge in [-0.3, -0.25) is 0 Å². The van der Waals surface area contributed by atoms with Crippen LogP contribution in [-0.4, -0.2) is 23.9 Å². The fourth-order valence-corrected chi connectivity index (χ4v) is 3.14. The van der Waals surface area contributed by atoms with E-state index in [2.05, 4.69) is 24.4 Å². The van der Waals surface area contributed by atoms with Gasteiger partial charge in [-0.05, 0) is 43.4 Å². The highest BCUT2D eigenvalue weighted by atomic mass is 16.5. The lowest BCUT2D eigenvalue weighted by molar-refractivity contribution is -0.0119. The minimum Gasteiger partial charge on any atom is -0.494 e. The highest BCUT2D eigenvalue weighted by molar-refractivity contribution is 5.28. The molecule has 0 aliphatic heterocycles. The molecule has 1 aromatic carbocycles. The lowest BCUT2D eigenvalue weighted by atomic mass is 9.79. The molecular formula is C17H27NO2. The zero-order valence-corrected chi connectivity index (χ0v) is 12.7. The quantitative estimate of drug-likeness (QED) is 0.839. The van der Waals surface area contributed by atoms with Crippen LogP contribution in [0.5, 0.6) is 5.75 Å². The normalized spacial score (nSPS) is 26.4. The molecule has 0 aromatic heterocycles. The van der Waals surface area contributed by atoms with Crippen molar-refractivity contribution in [1.29, 1.82) is 0 Å². The molecule has 0 bridgehead atoms. The molecule has 0 saturated heterocycles. The molecule has 112 valence electrons. The molecule has 0 spiro atoms. The number of hydrogen-bond acceptors (Lipinski definition) is 3. The maximum absolute atomic E-state index is 10.6. The summed E-state index contributed by atoms with van der Waals surface area (Å²) in [5.74, 6) is 1.55. The summed E-state index contributed by atoms with van der Waals surface area (Å²) >= 11 is 0. The van der Waals surface area contributed by atoms with E-state index in [0.29, 0.717) is 19.1 Å². The summed E-state index contributed by atoms with van der Waals surface area (Å²) in [4.78, 5) is 0.